The minimum Gasteiger partial charge on any atom is -0.316 e. The number of nitro benzene ring substituents is 1. The molecule has 0 aliphatic rings. The summed E-state index contributed by atoms with van der Waals surface area (Å²) in [6.07, 6.45) is 1.54. The van der Waals surface area contributed by atoms with Crippen LogP contribution in [0.25, 0.3) is 22.9 Å². The lowest BCUT2D eigenvalue weighted by molar-refractivity contribution is -0.384. The van der Waals surface area contributed by atoms with Crippen LogP contribution in [0.3, 0.4) is 0 Å². The second-order valence-electron chi connectivity index (χ2n) is 6.27. The molecule has 29 heavy (non-hydrogen) atoms. The third-order valence-corrected chi connectivity index (χ3v) is 4.99. The predicted molar refractivity (Wildman–Crippen MR) is 113 cm³/mol. The van der Waals surface area contributed by atoms with Crippen LogP contribution in [0.2, 0.25) is 0 Å². The number of aromatic nitrogens is 1. The molecule has 0 aliphatic heterocycles. The lowest BCUT2D eigenvalue weighted by Gasteiger charge is -2.03. The summed E-state index contributed by atoms with van der Waals surface area (Å²) in [6, 6.07) is 15.8. The Labute approximate surface area is 171 Å². The number of nitrogens with zero attached hydrogens (tertiary/aromatic N) is 3. The highest BCUT2D eigenvalue weighted by atomic mass is 32.1. The molecular weight excluding hydrogens is 388 g/mol. The van der Waals surface area contributed by atoms with Crippen LogP contribution < -0.4 is 5.32 Å². The summed E-state index contributed by atoms with van der Waals surface area (Å²) in [6.45, 7) is 3.38. The van der Waals surface area contributed by atoms with E-state index < -0.39 is 4.92 Å². The van der Waals surface area contributed by atoms with Gasteiger partial charge in [0, 0.05) is 24.6 Å². The van der Waals surface area contributed by atoms with Crippen molar-refractivity contribution >= 4 is 39.6 Å². The van der Waals surface area contributed by atoms with E-state index in [0.29, 0.717) is 21.3 Å². The number of allylic oxidation sites excluding steroid dienone is 1. The minimum absolute atomic E-state index is 0.0607. The van der Waals surface area contributed by atoms with Gasteiger partial charge in [-0.25, -0.2) is 4.98 Å². The number of hydrogen-bond donors (Lipinski definition) is 1. The van der Waals surface area contributed by atoms with Gasteiger partial charge in [-0.15, -0.1) is 0 Å². The Bertz CT molecular complexity index is 1160. The lowest BCUT2D eigenvalue weighted by Crippen LogP contribution is -2.05. The Hall–Kier alpha value is -3.83. The lowest BCUT2D eigenvalue weighted by atomic mass is 10.1. The molecule has 8 heteroatoms. The highest BCUT2D eigenvalue weighted by Crippen LogP contribution is 2.36. The van der Waals surface area contributed by atoms with Crippen molar-refractivity contribution in [1.29, 1.82) is 5.26 Å². The SMILES string of the molecule is CC(=O)Nc1sc(C(C#N)=Cc2cccc([N+](=O)[O-])c2)nc1-c1ccc(C)cc1. The Morgan fingerprint density at radius 3 is 2.62 bits per heavy atom. The zero-order valence-electron chi connectivity index (χ0n) is 15.7. The molecule has 7 nitrogen and oxygen atoms in total. The maximum atomic E-state index is 11.6. The van der Waals surface area contributed by atoms with E-state index in [2.05, 4.69) is 16.4 Å². The van der Waals surface area contributed by atoms with E-state index >= 15 is 0 Å². The minimum atomic E-state index is -0.489. The third kappa shape index (κ3) is 4.72. The maximum Gasteiger partial charge on any atom is 0.270 e. The standard InChI is InChI=1S/C21H16N4O3S/c1-13-6-8-16(9-7-13)19-21(23-14(2)26)29-20(24-19)17(12-22)10-15-4-3-5-18(11-15)25(27)28/h3-11H,1-2H3,(H,23,26). The summed E-state index contributed by atoms with van der Waals surface area (Å²) in [5.41, 5.74) is 3.18. The number of non-ortho nitro benzene ring substituents is 1. The van der Waals surface area contributed by atoms with Crippen LogP contribution in [0.4, 0.5) is 10.7 Å². The molecule has 0 radical (unpaired) electrons. The summed E-state index contributed by atoms with van der Waals surface area (Å²) in [7, 11) is 0. The Morgan fingerprint density at radius 2 is 2.00 bits per heavy atom. The van der Waals surface area contributed by atoms with E-state index in [1.807, 2.05) is 31.2 Å². The van der Waals surface area contributed by atoms with Crippen LogP contribution in [0.5, 0.6) is 0 Å². The number of carbonyl (C=O) groups excluding carboxylic acids is 1. The molecule has 3 rings (SSSR count). The summed E-state index contributed by atoms with van der Waals surface area (Å²) < 4.78 is 0. The van der Waals surface area contributed by atoms with Crippen molar-refractivity contribution in [3.63, 3.8) is 0 Å². The van der Waals surface area contributed by atoms with Gasteiger partial charge in [-0.3, -0.25) is 14.9 Å². The van der Waals surface area contributed by atoms with Crippen molar-refractivity contribution < 1.29 is 9.72 Å². The van der Waals surface area contributed by atoms with Gasteiger partial charge >= 0.3 is 0 Å². The zero-order chi connectivity index (χ0) is 21.0. The molecule has 0 spiro atoms. The van der Waals surface area contributed by atoms with Gasteiger partial charge in [0.2, 0.25) is 5.91 Å². The van der Waals surface area contributed by atoms with E-state index in [9.17, 15) is 20.2 Å². The van der Waals surface area contributed by atoms with Crippen LogP contribution in [0.15, 0.2) is 48.5 Å². The third-order valence-electron chi connectivity index (χ3n) is 3.98. The topological polar surface area (TPSA) is 109 Å². The molecule has 2 aromatic carbocycles. The summed E-state index contributed by atoms with van der Waals surface area (Å²) in [4.78, 5) is 26.7. The number of nitrogens with one attached hydrogen (secondary N) is 1. The van der Waals surface area contributed by atoms with Crippen molar-refractivity contribution in [2.45, 2.75) is 13.8 Å². The number of thiazole rings is 1. The molecule has 1 amide bonds. The largest absolute Gasteiger partial charge is 0.316 e. The maximum absolute atomic E-state index is 11.6. The molecule has 0 atom stereocenters. The number of anilines is 1. The normalized spacial score (nSPS) is 11.0. The van der Waals surface area contributed by atoms with Crippen molar-refractivity contribution in [2.24, 2.45) is 0 Å². The number of aryl methyl sites for hydroxylation is 1. The molecule has 0 saturated heterocycles. The van der Waals surface area contributed by atoms with Gasteiger partial charge < -0.3 is 5.32 Å². The number of amides is 1. The van der Waals surface area contributed by atoms with Crippen molar-refractivity contribution in [2.75, 3.05) is 5.32 Å². The van der Waals surface area contributed by atoms with E-state index in [4.69, 9.17) is 0 Å². The van der Waals surface area contributed by atoms with Gasteiger partial charge in [-0.05, 0) is 18.6 Å². The van der Waals surface area contributed by atoms with E-state index in [0.717, 1.165) is 11.1 Å². The Morgan fingerprint density at radius 1 is 1.28 bits per heavy atom. The number of rotatable bonds is 5. The second-order valence-corrected chi connectivity index (χ2v) is 7.26. The van der Waals surface area contributed by atoms with Crippen molar-refractivity contribution in [1.82, 2.24) is 4.98 Å². The fourth-order valence-electron chi connectivity index (χ4n) is 2.62. The highest BCUT2D eigenvalue weighted by Gasteiger charge is 2.17. The van der Waals surface area contributed by atoms with Crippen LogP contribution in [-0.4, -0.2) is 15.8 Å². The van der Waals surface area contributed by atoms with Gasteiger partial charge in [-0.1, -0.05) is 53.3 Å². The summed E-state index contributed by atoms with van der Waals surface area (Å²) in [5, 5.41) is 24.3. The van der Waals surface area contributed by atoms with E-state index in [1.165, 1.54) is 30.4 Å². The van der Waals surface area contributed by atoms with Crippen LogP contribution in [0, 0.1) is 28.4 Å². The molecule has 0 saturated carbocycles. The molecule has 0 unspecified atom stereocenters. The Kier molecular flexibility index (Phi) is 5.81. The molecule has 0 bridgehead atoms. The van der Waals surface area contributed by atoms with Crippen LogP contribution in [0.1, 0.15) is 23.1 Å². The van der Waals surface area contributed by atoms with Crippen molar-refractivity contribution in [3.05, 3.63) is 74.8 Å². The average molecular weight is 404 g/mol. The summed E-state index contributed by atoms with van der Waals surface area (Å²) in [5.74, 6) is -0.241. The van der Waals surface area contributed by atoms with Crippen molar-refractivity contribution in [3.8, 4) is 17.3 Å². The van der Waals surface area contributed by atoms with Crippen LogP contribution >= 0.6 is 11.3 Å². The molecule has 3 aromatic rings. The summed E-state index contributed by atoms with van der Waals surface area (Å²) >= 11 is 1.18. The van der Waals surface area contributed by atoms with Gasteiger partial charge in [-0.2, -0.15) is 5.26 Å². The number of nitro groups is 1. The first kappa shape index (κ1) is 19.9. The van der Waals surface area contributed by atoms with Crippen LogP contribution in [-0.2, 0) is 4.79 Å². The van der Waals surface area contributed by atoms with E-state index in [1.54, 1.807) is 18.2 Å². The quantitative estimate of drug-likeness (QED) is 0.364. The van der Waals surface area contributed by atoms with Gasteiger partial charge in [0.15, 0.2) is 0 Å². The molecule has 1 aromatic heterocycles. The van der Waals surface area contributed by atoms with Gasteiger partial charge in [0.25, 0.3) is 5.69 Å². The highest BCUT2D eigenvalue weighted by molar-refractivity contribution is 7.17. The smallest absolute Gasteiger partial charge is 0.270 e. The zero-order valence-corrected chi connectivity index (χ0v) is 16.5. The molecule has 144 valence electrons. The molecule has 0 aliphatic carbocycles. The number of benzene rings is 2. The Balaban J connectivity index is 2.07. The van der Waals surface area contributed by atoms with E-state index in [-0.39, 0.29) is 17.2 Å². The number of nitriles is 1. The number of carbonyl (C=O) groups is 1. The predicted octanol–water partition coefficient (Wildman–Crippen LogP) is 5.05. The van der Waals surface area contributed by atoms with Gasteiger partial charge in [0.1, 0.15) is 21.8 Å². The first-order chi connectivity index (χ1) is 13.9. The molecule has 1 heterocycles. The fourth-order valence-corrected chi connectivity index (χ4v) is 3.62. The second kappa shape index (κ2) is 8.46. The first-order valence-electron chi connectivity index (χ1n) is 8.59. The molecule has 1 N–H and O–H groups in total. The first-order valence-corrected chi connectivity index (χ1v) is 9.41. The monoisotopic (exact) mass is 404 g/mol. The average Bonchev–Trinajstić information content (AvgIpc) is 3.09. The number of hydrogen-bond acceptors (Lipinski definition) is 6. The molecular formula is C21H16N4O3S. The fraction of sp³-hybridized carbons (Fsp3) is 0.0952. The molecule has 0 fully saturated rings. The van der Waals surface area contributed by atoms with Gasteiger partial charge in [0.05, 0.1) is 10.5 Å².